The molecule has 0 radical (unpaired) electrons. The number of quaternary nitrogens is 2. The zero-order valence-electron chi connectivity index (χ0n) is 14.6. The number of carbonyl (C=O) groups excluding carboxylic acids is 1. The van der Waals surface area contributed by atoms with Crippen LogP contribution in [0.5, 0.6) is 0 Å². The summed E-state index contributed by atoms with van der Waals surface area (Å²) < 4.78 is 0. The van der Waals surface area contributed by atoms with Gasteiger partial charge in [0.2, 0.25) is 5.78 Å². The summed E-state index contributed by atoms with van der Waals surface area (Å²) in [6.45, 7) is 5.00. The Morgan fingerprint density at radius 1 is 0.960 bits per heavy atom. The largest absolute Gasteiger partial charge is 0.354 e. The van der Waals surface area contributed by atoms with Crippen molar-refractivity contribution < 1.29 is 14.6 Å². The first-order valence-electron chi connectivity index (χ1n) is 9.06. The van der Waals surface area contributed by atoms with Crippen molar-refractivity contribution >= 4 is 16.7 Å². The van der Waals surface area contributed by atoms with Crippen LogP contribution in [0, 0.1) is 0 Å². The molecule has 1 aliphatic rings. The Kier molecular flexibility index (Phi) is 4.38. The van der Waals surface area contributed by atoms with E-state index in [1.54, 1.807) is 4.90 Å². The molecule has 128 valence electrons. The molecule has 2 aromatic carbocycles. The van der Waals surface area contributed by atoms with Crippen LogP contribution in [0.25, 0.3) is 22.2 Å². The highest BCUT2D eigenvalue weighted by Crippen LogP contribution is 2.30. The number of aromatic amines is 1. The summed E-state index contributed by atoms with van der Waals surface area (Å²) in [6.07, 6.45) is 0. The maximum Gasteiger partial charge on any atom is 0.219 e. The maximum atomic E-state index is 13.2. The molecule has 0 spiro atoms. The van der Waals surface area contributed by atoms with Crippen LogP contribution in [-0.2, 0) is 0 Å². The van der Waals surface area contributed by atoms with E-state index in [9.17, 15) is 4.79 Å². The second kappa shape index (κ2) is 6.82. The molecular weight excluding hydrogens is 310 g/mol. The van der Waals surface area contributed by atoms with E-state index < -0.39 is 0 Å². The predicted molar refractivity (Wildman–Crippen MR) is 100 cm³/mol. The average Bonchev–Trinajstić information content (AvgIpc) is 3.04. The molecule has 0 aliphatic carbocycles. The van der Waals surface area contributed by atoms with Crippen LogP contribution in [0.2, 0.25) is 0 Å². The number of H-pyrrole nitrogens is 1. The van der Waals surface area contributed by atoms with Crippen molar-refractivity contribution in [3.63, 3.8) is 0 Å². The number of carbonyl (C=O) groups is 1. The van der Waals surface area contributed by atoms with Crippen molar-refractivity contribution in [2.24, 2.45) is 0 Å². The molecule has 0 atom stereocenters. The van der Waals surface area contributed by atoms with Crippen molar-refractivity contribution in [2.45, 2.75) is 0 Å². The molecule has 1 aromatic heterocycles. The van der Waals surface area contributed by atoms with Crippen LogP contribution in [-0.4, -0.2) is 50.5 Å². The van der Waals surface area contributed by atoms with Crippen LogP contribution in [0.4, 0.5) is 0 Å². The molecule has 25 heavy (non-hydrogen) atoms. The third kappa shape index (κ3) is 3.23. The van der Waals surface area contributed by atoms with E-state index in [0.29, 0.717) is 6.54 Å². The standard InChI is InChI=1S/C21H23N3O/c1-23-11-13-24(14-12-23)15-19(25)20-17-9-5-6-10-18(17)22-21(20)16-7-3-2-4-8-16/h2-10,22H,11-15H2,1H3/p+2. The van der Waals surface area contributed by atoms with Crippen LogP contribution >= 0.6 is 0 Å². The second-order valence-corrected chi connectivity index (χ2v) is 7.09. The van der Waals surface area contributed by atoms with Crippen molar-refractivity contribution in [2.75, 3.05) is 39.8 Å². The van der Waals surface area contributed by atoms with Crippen molar-refractivity contribution in [3.05, 3.63) is 60.2 Å². The molecule has 1 aliphatic heterocycles. The molecule has 4 nitrogen and oxygen atoms in total. The number of likely N-dealkylation sites (N-methyl/N-ethyl adjacent to an activating group) is 1. The molecule has 4 rings (SSSR count). The molecular formula is C21H25N3O+2. The topological polar surface area (TPSA) is 41.7 Å². The number of ketones is 1. The molecule has 0 amide bonds. The number of para-hydroxylation sites is 1. The Morgan fingerprint density at radius 2 is 1.64 bits per heavy atom. The van der Waals surface area contributed by atoms with Crippen molar-refractivity contribution in [1.82, 2.24) is 4.98 Å². The van der Waals surface area contributed by atoms with Crippen molar-refractivity contribution in [3.8, 4) is 11.3 Å². The second-order valence-electron chi connectivity index (χ2n) is 7.09. The Balaban J connectivity index is 1.71. The number of benzene rings is 2. The van der Waals surface area contributed by atoms with Gasteiger partial charge >= 0.3 is 0 Å². The summed E-state index contributed by atoms with van der Waals surface area (Å²) in [5.74, 6) is 0.242. The fraction of sp³-hybridized carbons (Fsp3) is 0.286. The van der Waals surface area contributed by atoms with E-state index in [-0.39, 0.29) is 5.78 Å². The molecule has 1 saturated heterocycles. The molecule has 0 unspecified atom stereocenters. The quantitative estimate of drug-likeness (QED) is 0.595. The number of aromatic nitrogens is 1. The van der Waals surface area contributed by atoms with Crippen molar-refractivity contribution in [1.29, 1.82) is 0 Å². The average molecular weight is 335 g/mol. The van der Waals surface area contributed by atoms with Gasteiger partial charge in [0.05, 0.1) is 18.3 Å². The summed E-state index contributed by atoms with van der Waals surface area (Å²) in [7, 11) is 2.23. The van der Waals surface area contributed by atoms with E-state index in [1.807, 2.05) is 36.4 Å². The van der Waals surface area contributed by atoms with Gasteiger partial charge in [0, 0.05) is 10.9 Å². The van der Waals surface area contributed by atoms with E-state index in [4.69, 9.17) is 0 Å². The van der Waals surface area contributed by atoms with E-state index >= 15 is 0 Å². The number of rotatable bonds is 4. The van der Waals surface area contributed by atoms with Gasteiger partial charge in [-0.25, -0.2) is 0 Å². The molecule has 0 saturated carbocycles. The minimum absolute atomic E-state index is 0.242. The fourth-order valence-electron chi connectivity index (χ4n) is 3.78. The first-order valence-corrected chi connectivity index (χ1v) is 9.06. The van der Waals surface area contributed by atoms with Gasteiger partial charge in [0.15, 0.2) is 0 Å². The van der Waals surface area contributed by atoms with Gasteiger partial charge in [-0.1, -0.05) is 48.5 Å². The summed E-state index contributed by atoms with van der Waals surface area (Å²) in [4.78, 5) is 19.7. The van der Waals surface area contributed by atoms with E-state index in [2.05, 4.69) is 30.2 Å². The molecule has 1 fully saturated rings. The lowest BCUT2D eigenvalue weighted by molar-refractivity contribution is -0.999. The zero-order chi connectivity index (χ0) is 17.2. The lowest BCUT2D eigenvalue weighted by atomic mass is 10.0. The van der Waals surface area contributed by atoms with Gasteiger partial charge in [0.1, 0.15) is 32.7 Å². The number of hydrogen-bond acceptors (Lipinski definition) is 1. The van der Waals surface area contributed by atoms with Crippen LogP contribution in [0.1, 0.15) is 10.4 Å². The summed E-state index contributed by atoms with van der Waals surface area (Å²) >= 11 is 0. The van der Waals surface area contributed by atoms with Crippen LogP contribution in [0.15, 0.2) is 54.6 Å². The lowest BCUT2D eigenvalue weighted by Gasteiger charge is -2.26. The first kappa shape index (κ1) is 16.1. The van der Waals surface area contributed by atoms with E-state index in [0.717, 1.165) is 53.9 Å². The first-order chi connectivity index (χ1) is 12.2. The lowest BCUT2D eigenvalue weighted by Crippen LogP contribution is -3.27. The van der Waals surface area contributed by atoms with Crippen LogP contribution < -0.4 is 9.80 Å². The minimum atomic E-state index is 0.242. The SMILES string of the molecule is C[NH+]1CC[NH+](CC(=O)c2c(-c3ccccc3)[nH]c3ccccc23)CC1. The number of fused-ring (bicyclic) bond motifs is 1. The Bertz CT molecular complexity index is 877. The monoisotopic (exact) mass is 335 g/mol. The molecule has 3 aromatic rings. The smallest absolute Gasteiger partial charge is 0.219 e. The van der Waals surface area contributed by atoms with Crippen LogP contribution in [0.3, 0.4) is 0 Å². The molecule has 4 heteroatoms. The van der Waals surface area contributed by atoms with Gasteiger partial charge in [-0.2, -0.15) is 0 Å². The third-order valence-corrected chi connectivity index (χ3v) is 5.27. The zero-order valence-corrected chi connectivity index (χ0v) is 14.6. The number of hydrogen-bond donors (Lipinski definition) is 3. The summed E-state index contributed by atoms with van der Waals surface area (Å²) in [5.41, 5.74) is 3.90. The predicted octanol–water partition coefficient (Wildman–Crippen LogP) is 0.431. The molecule has 2 heterocycles. The molecule has 0 bridgehead atoms. The van der Waals surface area contributed by atoms with Gasteiger partial charge in [-0.05, 0) is 11.6 Å². The van der Waals surface area contributed by atoms with Gasteiger partial charge in [-0.3, -0.25) is 4.79 Å². The van der Waals surface area contributed by atoms with Gasteiger partial charge in [0.25, 0.3) is 0 Å². The summed E-state index contributed by atoms with van der Waals surface area (Å²) in [6, 6.07) is 18.3. The normalized spacial score (nSPS) is 20.7. The summed E-state index contributed by atoms with van der Waals surface area (Å²) in [5, 5.41) is 1.03. The fourth-order valence-corrected chi connectivity index (χ4v) is 3.78. The Labute approximate surface area is 148 Å². The maximum absolute atomic E-state index is 13.2. The number of nitrogens with one attached hydrogen (secondary N) is 3. The Hall–Kier alpha value is -2.43. The minimum Gasteiger partial charge on any atom is -0.354 e. The van der Waals surface area contributed by atoms with Gasteiger partial charge < -0.3 is 14.8 Å². The number of Topliss-reactive ketones (excluding diaryl/α,β-unsaturated/α-hetero) is 1. The highest BCUT2D eigenvalue weighted by molar-refractivity contribution is 6.13. The Morgan fingerprint density at radius 3 is 2.40 bits per heavy atom. The van der Waals surface area contributed by atoms with E-state index in [1.165, 1.54) is 4.90 Å². The van der Waals surface area contributed by atoms with Gasteiger partial charge in [-0.15, -0.1) is 0 Å². The number of piperazine rings is 1. The molecule has 3 N–H and O–H groups in total. The highest BCUT2D eigenvalue weighted by atomic mass is 16.1. The third-order valence-electron chi connectivity index (χ3n) is 5.27. The highest BCUT2D eigenvalue weighted by Gasteiger charge is 2.26.